The zero-order chi connectivity index (χ0) is 22.9. The highest BCUT2D eigenvalue weighted by atomic mass is 35.5. The van der Waals surface area contributed by atoms with Crippen LogP contribution in [-0.2, 0) is 17.6 Å². The number of halogens is 1. The number of benzene rings is 1. The summed E-state index contributed by atoms with van der Waals surface area (Å²) >= 11 is 6.03. The molecule has 1 aromatic carbocycles. The average Bonchev–Trinajstić information content (AvgIpc) is 3.21. The molecule has 0 bridgehead atoms. The third-order valence-electron chi connectivity index (χ3n) is 5.70. The average molecular weight is 460 g/mol. The Morgan fingerprint density at radius 1 is 1.38 bits per heavy atom. The van der Waals surface area contributed by atoms with E-state index in [4.69, 9.17) is 25.5 Å². The maximum atomic E-state index is 13.4. The molecule has 1 saturated heterocycles. The summed E-state index contributed by atoms with van der Waals surface area (Å²) < 4.78 is 17.1. The van der Waals surface area contributed by atoms with E-state index in [1.165, 1.54) is 7.11 Å². The van der Waals surface area contributed by atoms with E-state index >= 15 is 0 Å². The van der Waals surface area contributed by atoms with E-state index in [2.05, 4.69) is 9.97 Å². The van der Waals surface area contributed by atoms with Crippen molar-refractivity contribution in [2.75, 3.05) is 26.9 Å². The number of fused-ring (bicyclic) bond motifs is 1. The van der Waals surface area contributed by atoms with E-state index in [1.807, 2.05) is 19.9 Å². The number of hydrogen-bond acceptors (Lipinski definition) is 7. The van der Waals surface area contributed by atoms with Crippen molar-refractivity contribution in [1.29, 1.82) is 0 Å². The third-order valence-corrected chi connectivity index (χ3v) is 5.93. The highest BCUT2D eigenvalue weighted by Gasteiger charge is 2.40. The minimum atomic E-state index is -0.801. The number of carbonyl (C=O) groups excluding carboxylic acids is 1. The van der Waals surface area contributed by atoms with Gasteiger partial charge in [-0.25, -0.2) is 4.98 Å². The standard InChI is InChI=1S/C23H26ClN3O5/c1-14-11-27(23(2,12-28)13-31-14)22(29)15-8-18-21(19(9-15)30-3)32-20(26-18)5-4-17-10-16(24)6-7-25-17/h6-10,14,28H,4-5,11-13H2,1-3H3. The summed E-state index contributed by atoms with van der Waals surface area (Å²) in [6.07, 6.45) is 2.68. The number of oxazole rings is 1. The molecule has 170 valence electrons. The largest absolute Gasteiger partial charge is 0.493 e. The first-order valence-corrected chi connectivity index (χ1v) is 10.8. The number of aliphatic hydroxyl groups is 1. The topological polar surface area (TPSA) is 97.9 Å². The maximum absolute atomic E-state index is 13.4. The van der Waals surface area contributed by atoms with Crippen LogP contribution in [0.15, 0.2) is 34.9 Å². The fourth-order valence-electron chi connectivity index (χ4n) is 3.80. The first kappa shape index (κ1) is 22.5. The van der Waals surface area contributed by atoms with Crippen LogP contribution in [0.3, 0.4) is 0 Å². The summed E-state index contributed by atoms with van der Waals surface area (Å²) in [7, 11) is 1.52. The van der Waals surface area contributed by atoms with E-state index in [-0.39, 0.29) is 25.2 Å². The smallest absolute Gasteiger partial charge is 0.254 e. The van der Waals surface area contributed by atoms with Crippen molar-refractivity contribution in [3.8, 4) is 5.75 Å². The minimum Gasteiger partial charge on any atom is -0.493 e. The molecule has 0 radical (unpaired) electrons. The van der Waals surface area contributed by atoms with E-state index in [0.29, 0.717) is 52.7 Å². The molecule has 3 heterocycles. The first-order chi connectivity index (χ1) is 15.3. The molecule has 2 unspecified atom stereocenters. The number of carbonyl (C=O) groups is 1. The number of aliphatic hydroxyl groups excluding tert-OH is 1. The van der Waals surface area contributed by atoms with Gasteiger partial charge in [0.25, 0.3) is 5.91 Å². The molecule has 4 rings (SSSR count). The van der Waals surface area contributed by atoms with Gasteiger partial charge in [0.15, 0.2) is 17.2 Å². The summed E-state index contributed by atoms with van der Waals surface area (Å²) in [5, 5.41) is 10.5. The Hall–Kier alpha value is -2.68. The molecule has 2 atom stereocenters. The molecule has 1 aliphatic heterocycles. The Balaban J connectivity index is 1.62. The second-order valence-electron chi connectivity index (χ2n) is 8.29. The Kier molecular flexibility index (Phi) is 6.37. The van der Waals surface area contributed by atoms with Gasteiger partial charge in [0.05, 0.1) is 32.0 Å². The van der Waals surface area contributed by atoms with Gasteiger partial charge in [-0.05, 0) is 44.5 Å². The van der Waals surface area contributed by atoms with Crippen LogP contribution in [0.1, 0.15) is 35.8 Å². The number of rotatable bonds is 6. The molecule has 0 saturated carbocycles. The normalized spacial score (nSPS) is 21.2. The summed E-state index contributed by atoms with van der Waals surface area (Å²) in [6.45, 7) is 4.16. The summed E-state index contributed by atoms with van der Waals surface area (Å²) in [4.78, 5) is 23.9. The van der Waals surface area contributed by atoms with Crippen LogP contribution >= 0.6 is 11.6 Å². The quantitative estimate of drug-likeness (QED) is 0.604. The Morgan fingerprint density at radius 2 is 2.19 bits per heavy atom. The molecule has 1 amide bonds. The van der Waals surface area contributed by atoms with Crippen LogP contribution in [0, 0.1) is 0 Å². The SMILES string of the molecule is COc1cc(C(=O)N2CC(C)OCC2(C)CO)cc2nc(CCc3cc(Cl)ccn3)oc12. The van der Waals surface area contributed by atoms with Crippen LogP contribution < -0.4 is 4.74 Å². The third kappa shape index (κ3) is 4.44. The monoisotopic (exact) mass is 459 g/mol. The first-order valence-electron chi connectivity index (χ1n) is 10.5. The molecular weight excluding hydrogens is 434 g/mol. The number of morpholine rings is 1. The molecule has 1 fully saturated rings. The molecular formula is C23H26ClN3O5. The van der Waals surface area contributed by atoms with Gasteiger partial charge in [0.2, 0.25) is 0 Å². The number of ether oxygens (including phenoxy) is 2. The number of aromatic nitrogens is 2. The van der Waals surface area contributed by atoms with Gasteiger partial charge in [0.1, 0.15) is 5.52 Å². The molecule has 8 nitrogen and oxygen atoms in total. The molecule has 2 aromatic heterocycles. The van der Waals surface area contributed by atoms with Crippen molar-refractivity contribution >= 4 is 28.6 Å². The van der Waals surface area contributed by atoms with E-state index < -0.39 is 5.54 Å². The Labute approximate surface area is 191 Å². The van der Waals surface area contributed by atoms with Gasteiger partial charge in [-0.1, -0.05) is 11.6 Å². The van der Waals surface area contributed by atoms with E-state index in [1.54, 1.807) is 29.3 Å². The highest BCUT2D eigenvalue weighted by molar-refractivity contribution is 6.30. The number of nitrogens with zero attached hydrogens (tertiary/aromatic N) is 3. The van der Waals surface area contributed by atoms with Gasteiger partial charge in [-0.3, -0.25) is 9.78 Å². The van der Waals surface area contributed by atoms with Gasteiger partial charge in [-0.2, -0.15) is 0 Å². The van der Waals surface area contributed by atoms with Gasteiger partial charge in [0, 0.05) is 35.4 Å². The number of pyridine rings is 1. The predicted molar refractivity (Wildman–Crippen MR) is 119 cm³/mol. The van der Waals surface area contributed by atoms with Crippen molar-refractivity contribution in [1.82, 2.24) is 14.9 Å². The van der Waals surface area contributed by atoms with E-state index in [0.717, 1.165) is 5.69 Å². The van der Waals surface area contributed by atoms with Crippen LogP contribution in [0.5, 0.6) is 5.75 Å². The van der Waals surface area contributed by atoms with Gasteiger partial charge < -0.3 is 23.9 Å². The lowest BCUT2D eigenvalue weighted by Crippen LogP contribution is -2.61. The second kappa shape index (κ2) is 9.05. The number of aryl methyl sites for hydroxylation is 2. The van der Waals surface area contributed by atoms with Crippen LogP contribution in [0.25, 0.3) is 11.1 Å². The Bertz CT molecular complexity index is 1130. The molecule has 1 N–H and O–H groups in total. The molecule has 0 aliphatic carbocycles. The lowest BCUT2D eigenvalue weighted by Gasteiger charge is -2.45. The van der Waals surface area contributed by atoms with Crippen molar-refractivity contribution < 1.29 is 23.8 Å². The Morgan fingerprint density at radius 3 is 2.91 bits per heavy atom. The maximum Gasteiger partial charge on any atom is 0.254 e. The number of methoxy groups -OCH3 is 1. The minimum absolute atomic E-state index is 0.122. The number of amides is 1. The molecule has 0 spiro atoms. The molecule has 9 heteroatoms. The lowest BCUT2D eigenvalue weighted by molar-refractivity contribution is -0.0986. The lowest BCUT2D eigenvalue weighted by atomic mass is 9.97. The van der Waals surface area contributed by atoms with Crippen LogP contribution in [0.4, 0.5) is 0 Å². The second-order valence-corrected chi connectivity index (χ2v) is 8.73. The van der Waals surface area contributed by atoms with Crippen molar-refractivity contribution in [2.45, 2.75) is 38.3 Å². The summed E-state index contributed by atoms with van der Waals surface area (Å²) in [6, 6.07) is 6.88. The fraction of sp³-hybridized carbons (Fsp3) is 0.435. The van der Waals surface area contributed by atoms with Crippen molar-refractivity contribution in [3.63, 3.8) is 0 Å². The van der Waals surface area contributed by atoms with Crippen LogP contribution in [-0.4, -0.2) is 64.4 Å². The molecule has 1 aliphatic rings. The van der Waals surface area contributed by atoms with Gasteiger partial charge in [-0.15, -0.1) is 0 Å². The summed E-state index contributed by atoms with van der Waals surface area (Å²) in [5.41, 5.74) is 1.48. The van der Waals surface area contributed by atoms with E-state index in [9.17, 15) is 9.90 Å². The van der Waals surface area contributed by atoms with Gasteiger partial charge >= 0.3 is 0 Å². The summed E-state index contributed by atoms with van der Waals surface area (Å²) in [5.74, 6) is 0.729. The molecule has 3 aromatic rings. The van der Waals surface area contributed by atoms with Crippen LogP contribution in [0.2, 0.25) is 5.02 Å². The fourth-order valence-corrected chi connectivity index (χ4v) is 3.98. The van der Waals surface area contributed by atoms with Crippen molar-refractivity contribution in [3.05, 3.63) is 52.6 Å². The zero-order valence-corrected chi connectivity index (χ0v) is 19.1. The number of hydrogen-bond donors (Lipinski definition) is 1. The predicted octanol–water partition coefficient (Wildman–Crippen LogP) is 3.28. The zero-order valence-electron chi connectivity index (χ0n) is 18.3. The molecule has 32 heavy (non-hydrogen) atoms. The highest BCUT2D eigenvalue weighted by Crippen LogP contribution is 2.31. The van der Waals surface area contributed by atoms with Crippen molar-refractivity contribution in [2.24, 2.45) is 0 Å².